The lowest BCUT2D eigenvalue weighted by Crippen LogP contribution is -2.23. The summed E-state index contributed by atoms with van der Waals surface area (Å²) in [6, 6.07) is 11.2. The molecule has 3 aromatic rings. The van der Waals surface area contributed by atoms with Crippen LogP contribution in [-0.4, -0.2) is 25.4 Å². The fourth-order valence-corrected chi connectivity index (χ4v) is 2.51. The molecule has 1 aromatic carbocycles. The molecular weight excluding hydrogens is 262 g/mol. The molecule has 2 heterocycles. The average Bonchev–Trinajstić information content (AvgIpc) is 3.02. The Bertz CT molecular complexity index is 738. The molecule has 0 spiro atoms. The van der Waals surface area contributed by atoms with Crippen LogP contribution in [0.4, 0.5) is 0 Å². The lowest BCUT2D eigenvalue weighted by Gasteiger charge is -2.12. The van der Waals surface area contributed by atoms with Crippen LogP contribution in [0.25, 0.3) is 10.9 Å². The van der Waals surface area contributed by atoms with E-state index in [0.717, 1.165) is 18.9 Å². The Labute approximate surface area is 124 Å². The van der Waals surface area contributed by atoms with Gasteiger partial charge in [0.05, 0.1) is 6.54 Å². The molecule has 3 rings (SSSR count). The topological polar surface area (TPSA) is 47.7 Å². The zero-order valence-corrected chi connectivity index (χ0v) is 12.7. The Morgan fingerprint density at radius 1 is 1.24 bits per heavy atom. The van der Waals surface area contributed by atoms with Crippen molar-refractivity contribution in [1.82, 2.24) is 24.6 Å². The average molecular weight is 283 g/mol. The first-order valence-corrected chi connectivity index (χ1v) is 7.28. The van der Waals surface area contributed by atoms with Crippen molar-refractivity contribution in [3.8, 4) is 0 Å². The molecular formula is C16H21N5. The van der Waals surface area contributed by atoms with E-state index in [9.17, 15) is 0 Å². The van der Waals surface area contributed by atoms with Gasteiger partial charge in [0.2, 0.25) is 0 Å². The molecule has 1 N–H and O–H groups in total. The van der Waals surface area contributed by atoms with Crippen molar-refractivity contribution in [2.75, 3.05) is 0 Å². The van der Waals surface area contributed by atoms with Gasteiger partial charge in [0.1, 0.15) is 12.2 Å². The molecule has 0 amide bonds. The van der Waals surface area contributed by atoms with Crippen LogP contribution in [0.5, 0.6) is 0 Å². The van der Waals surface area contributed by atoms with Crippen molar-refractivity contribution >= 4 is 10.9 Å². The summed E-state index contributed by atoms with van der Waals surface area (Å²) in [5.74, 6) is 0.960. The number of para-hydroxylation sites is 1. The van der Waals surface area contributed by atoms with Gasteiger partial charge in [-0.1, -0.05) is 32.0 Å². The Kier molecular flexibility index (Phi) is 3.75. The second kappa shape index (κ2) is 5.69. The first-order chi connectivity index (χ1) is 10.1. The van der Waals surface area contributed by atoms with Crippen molar-refractivity contribution in [3.63, 3.8) is 0 Å². The number of aryl methyl sites for hydroxylation is 1. The molecule has 0 bridgehead atoms. The Morgan fingerprint density at radius 3 is 2.76 bits per heavy atom. The van der Waals surface area contributed by atoms with Crippen LogP contribution in [0.3, 0.4) is 0 Å². The molecule has 0 saturated carbocycles. The number of hydrogen-bond acceptors (Lipinski definition) is 3. The largest absolute Gasteiger partial charge is 0.336 e. The lowest BCUT2D eigenvalue weighted by molar-refractivity contribution is 0.560. The van der Waals surface area contributed by atoms with Gasteiger partial charge in [-0.2, -0.15) is 5.10 Å². The predicted octanol–water partition coefficient (Wildman–Crippen LogP) is 2.32. The minimum atomic E-state index is 0.464. The fraction of sp³-hybridized carbons (Fsp3) is 0.375. The second-order valence-corrected chi connectivity index (χ2v) is 5.62. The van der Waals surface area contributed by atoms with Gasteiger partial charge < -0.3 is 9.88 Å². The smallest absolute Gasteiger partial charge is 0.146 e. The molecule has 0 aliphatic carbocycles. The molecule has 0 aliphatic heterocycles. The number of nitrogens with one attached hydrogen (secondary N) is 1. The molecule has 0 radical (unpaired) electrons. The number of fused-ring (bicyclic) bond motifs is 1. The maximum absolute atomic E-state index is 4.34. The first kappa shape index (κ1) is 13.8. The van der Waals surface area contributed by atoms with Gasteiger partial charge in [-0.15, -0.1) is 0 Å². The molecule has 5 heteroatoms. The van der Waals surface area contributed by atoms with Crippen molar-refractivity contribution in [3.05, 3.63) is 48.2 Å². The van der Waals surface area contributed by atoms with E-state index < -0.39 is 0 Å². The quantitative estimate of drug-likeness (QED) is 0.781. The zero-order valence-electron chi connectivity index (χ0n) is 12.7. The van der Waals surface area contributed by atoms with E-state index in [-0.39, 0.29) is 0 Å². The van der Waals surface area contributed by atoms with Crippen molar-refractivity contribution in [2.45, 2.75) is 33.0 Å². The van der Waals surface area contributed by atoms with E-state index in [2.05, 4.69) is 64.1 Å². The van der Waals surface area contributed by atoms with Gasteiger partial charge in [0, 0.05) is 30.8 Å². The van der Waals surface area contributed by atoms with Gasteiger partial charge in [-0.05, 0) is 17.5 Å². The predicted molar refractivity (Wildman–Crippen MR) is 84.0 cm³/mol. The van der Waals surface area contributed by atoms with Crippen molar-refractivity contribution in [1.29, 1.82) is 0 Å². The Morgan fingerprint density at radius 2 is 2.05 bits per heavy atom. The summed E-state index contributed by atoms with van der Waals surface area (Å²) in [4.78, 5) is 4.34. The van der Waals surface area contributed by atoms with E-state index >= 15 is 0 Å². The van der Waals surface area contributed by atoms with Gasteiger partial charge in [0.15, 0.2) is 0 Å². The van der Waals surface area contributed by atoms with Crippen LogP contribution < -0.4 is 5.32 Å². The lowest BCUT2D eigenvalue weighted by atomic mass is 10.2. The number of benzene rings is 1. The van der Waals surface area contributed by atoms with Gasteiger partial charge >= 0.3 is 0 Å². The van der Waals surface area contributed by atoms with Crippen LogP contribution in [-0.2, 0) is 20.1 Å². The third kappa shape index (κ3) is 2.83. The molecule has 5 nitrogen and oxygen atoms in total. The number of hydrogen-bond donors (Lipinski definition) is 1. The highest BCUT2D eigenvalue weighted by Gasteiger charge is 2.11. The molecule has 0 unspecified atom stereocenters. The highest BCUT2D eigenvalue weighted by molar-refractivity contribution is 5.81. The van der Waals surface area contributed by atoms with Crippen LogP contribution in [0.2, 0.25) is 0 Å². The molecule has 0 saturated heterocycles. The first-order valence-electron chi connectivity index (χ1n) is 7.28. The van der Waals surface area contributed by atoms with Gasteiger partial charge in [-0.25, -0.2) is 4.98 Å². The SMILES string of the molecule is CC(C)NCc1cc2ccccc2n1Cc1ncnn1C. The van der Waals surface area contributed by atoms with E-state index in [0.29, 0.717) is 6.04 Å². The molecule has 0 aliphatic rings. The molecule has 110 valence electrons. The highest BCUT2D eigenvalue weighted by Crippen LogP contribution is 2.21. The van der Waals surface area contributed by atoms with Gasteiger partial charge in [0.25, 0.3) is 0 Å². The standard InChI is InChI=1S/C16H21N5/c1-12(2)17-9-14-8-13-6-4-5-7-15(13)21(14)10-16-18-11-19-20(16)3/h4-8,11-12,17H,9-10H2,1-3H3. The number of rotatable bonds is 5. The summed E-state index contributed by atoms with van der Waals surface area (Å²) >= 11 is 0. The third-order valence-corrected chi connectivity index (χ3v) is 3.69. The third-order valence-electron chi connectivity index (χ3n) is 3.69. The van der Waals surface area contributed by atoms with Crippen molar-refractivity contribution < 1.29 is 0 Å². The molecule has 0 fully saturated rings. The van der Waals surface area contributed by atoms with E-state index in [4.69, 9.17) is 0 Å². The van der Waals surface area contributed by atoms with E-state index in [1.165, 1.54) is 16.6 Å². The van der Waals surface area contributed by atoms with E-state index in [1.54, 1.807) is 6.33 Å². The number of nitrogens with zero attached hydrogens (tertiary/aromatic N) is 4. The monoisotopic (exact) mass is 283 g/mol. The zero-order chi connectivity index (χ0) is 14.8. The summed E-state index contributed by atoms with van der Waals surface area (Å²) < 4.78 is 4.14. The minimum absolute atomic E-state index is 0.464. The summed E-state index contributed by atoms with van der Waals surface area (Å²) in [7, 11) is 1.93. The minimum Gasteiger partial charge on any atom is -0.336 e. The van der Waals surface area contributed by atoms with Crippen LogP contribution in [0.15, 0.2) is 36.7 Å². The Balaban J connectivity index is 2.00. The van der Waals surface area contributed by atoms with Gasteiger partial charge in [-0.3, -0.25) is 4.68 Å². The maximum atomic E-state index is 4.34. The second-order valence-electron chi connectivity index (χ2n) is 5.62. The van der Waals surface area contributed by atoms with E-state index in [1.807, 2.05) is 11.7 Å². The normalized spacial score (nSPS) is 11.6. The Hall–Kier alpha value is -2.14. The maximum Gasteiger partial charge on any atom is 0.146 e. The van der Waals surface area contributed by atoms with Crippen LogP contribution >= 0.6 is 0 Å². The summed E-state index contributed by atoms with van der Waals surface area (Å²) in [5, 5.41) is 8.92. The molecule has 0 atom stereocenters. The van der Waals surface area contributed by atoms with Crippen molar-refractivity contribution in [2.24, 2.45) is 7.05 Å². The highest BCUT2D eigenvalue weighted by atomic mass is 15.3. The summed E-state index contributed by atoms with van der Waals surface area (Å²) in [5.41, 5.74) is 2.51. The molecule has 2 aromatic heterocycles. The molecule has 21 heavy (non-hydrogen) atoms. The summed E-state index contributed by atoms with van der Waals surface area (Å²) in [6.07, 6.45) is 1.60. The fourth-order valence-electron chi connectivity index (χ4n) is 2.51. The van der Waals surface area contributed by atoms with Crippen LogP contribution in [0.1, 0.15) is 25.4 Å². The summed E-state index contributed by atoms with van der Waals surface area (Å²) in [6.45, 7) is 5.91. The number of aromatic nitrogens is 4. The van der Waals surface area contributed by atoms with Crippen LogP contribution in [0, 0.1) is 0 Å².